The first-order valence-electron chi connectivity index (χ1n) is 4.07. The molecular weight excluding hydrogens is 144 g/mol. The van der Waals surface area contributed by atoms with E-state index in [-0.39, 0.29) is 5.60 Å². The summed E-state index contributed by atoms with van der Waals surface area (Å²) in [6.45, 7) is 6.39. The Kier molecular flexibility index (Phi) is 1.67. The highest BCUT2D eigenvalue weighted by atomic mass is 16.6. The topological polar surface area (TPSA) is 34.3 Å². The summed E-state index contributed by atoms with van der Waals surface area (Å²) in [5.41, 5.74) is 0.0259. The second-order valence-corrected chi connectivity index (χ2v) is 3.63. The second kappa shape index (κ2) is 2.44. The molecule has 0 N–H and O–H groups in total. The zero-order valence-electron chi connectivity index (χ0n) is 7.00. The Morgan fingerprint density at radius 2 is 2.27 bits per heavy atom. The van der Waals surface area contributed by atoms with Crippen molar-refractivity contribution in [1.29, 1.82) is 0 Å². The minimum Gasteiger partial charge on any atom is -0.376 e. The number of epoxide rings is 2. The molecule has 0 aromatic heterocycles. The molecule has 2 heterocycles. The summed E-state index contributed by atoms with van der Waals surface area (Å²) in [6.07, 6.45) is 0.750. The van der Waals surface area contributed by atoms with Gasteiger partial charge in [0, 0.05) is 0 Å². The zero-order chi connectivity index (χ0) is 7.90. The maximum absolute atomic E-state index is 5.40. The minimum absolute atomic E-state index is 0.0259. The highest BCUT2D eigenvalue weighted by Crippen LogP contribution is 2.27. The van der Waals surface area contributed by atoms with Crippen molar-refractivity contribution in [2.75, 3.05) is 19.8 Å². The standard InChI is InChI=1S/C8H14O3/c1-6-7(11-6)3-9-4-8(2)5-10-8/h6-7H,3-5H2,1-2H3. The van der Waals surface area contributed by atoms with Crippen LogP contribution in [0, 0.1) is 0 Å². The van der Waals surface area contributed by atoms with Gasteiger partial charge >= 0.3 is 0 Å². The van der Waals surface area contributed by atoms with Gasteiger partial charge in [-0.3, -0.25) is 0 Å². The van der Waals surface area contributed by atoms with Crippen molar-refractivity contribution in [3.05, 3.63) is 0 Å². The summed E-state index contributed by atoms with van der Waals surface area (Å²) in [7, 11) is 0. The van der Waals surface area contributed by atoms with Crippen molar-refractivity contribution in [3.63, 3.8) is 0 Å². The maximum atomic E-state index is 5.40. The molecule has 3 nitrogen and oxygen atoms in total. The third-order valence-corrected chi connectivity index (χ3v) is 2.16. The Balaban J connectivity index is 1.54. The van der Waals surface area contributed by atoms with Crippen LogP contribution in [0.4, 0.5) is 0 Å². The second-order valence-electron chi connectivity index (χ2n) is 3.63. The highest BCUT2D eigenvalue weighted by molar-refractivity contribution is 4.87. The molecule has 64 valence electrons. The molecule has 3 unspecified atom stereocenters. The van der Waals surface area contributed by atoms with Crippen LogP contribution in [-0.4, -0.2) is 37.6 Å². The zero-order valence-corrected chi connectivity index (χ0v) is 7.00. The van der Waals surface area contributed by atoms with E-state index >= 15 is 0 Å². The number of hydrogen-bond acceptors (Lipinski definition) is 3. The van der Waals surface area contributed by atoms with Crippen molar-refractivity contribution < 1.29 is 14.2 Å². The quantitative estimate of drug-likeness (QED) is 0.561. The first-order chi connectivity index (χ1) is 5.20. The molecule has 2 aliphatic rings. The van der Waals surface area contributed by atoms with Crippen molar-refractivity contribution >= 4 is 0 Å². The summed E-state index contributed by atoms with van der Waals surface area (Å²) >= 11 is 0. The van der Waals surface area contributed by atoms with Crippen LogP contribution in [0.1, 0.15) is 13.8 Å². The Morgan fingerprint density at radius 3 is 2.73 bits per heavy atom. The van der Waals surface area contributed by atoms with E-state index in [0.29, 0.717) is 18.8 Å². The van der Waals surface area contributed by atoms with Crippen LogP contribution in [-0.2, 0) is 14.2 Å². The fourth-order valence-electron chi connectivity index (χ4n) is 1.00. The highest BCUT2D eigenvalue weighted by Gasteiger charge is 2.41. The first kappa shape index (κ1) is 7.53. The normalized spacial score (nSPS) is 47.5. The summed E-state index contributed by atoms with van der Waals surface area (Å²) in [5, 5.41) is 0. The fourth-order valence-corrected chi connectivity index (χ4v) is 1.00. The molecule has 0 amide bonds. The lowest BCUT2D eigenvalue weighted by Crippen LogP contribution is -2.17. The van der Waals surface area contributed by atoms with E-state index in [1.54, 1.807) is 0 Å². The lowest BCUT2D eigenvalue weighted by molar-refractivity contribution is 0.0742. The Hall–Kier alpha value is -0.120. The predicted molar refractivity (Wildman–Crippen MR) is 39.5 cm³/mol. The molecule has 3 heteroatoms. The van der Waals surface area contributed by atoms with Gasteiger partial charge in [0.1, 0.15) is 11.7 Å². The summed E-state index contributed by atoms with van der Waals surface area (Å²) < 4.78 is 15.8. The monoisotopic (exact) mass is 158 g/mol. The lowest BCUT2D eigenvalue weighted by Gasteiger charge is -2.04. The van der Waals surface area contributed by atoms with Crippen LogP contribution in [0.15, 0.2) is 0 Å². The Morgan fingerprint density at radius 1 is 1.64 bits per heavy atom. The Labute approximate surface area is 66.6 Å². The largest absolute Gasteiger partial charge is 0.376 e. The molecule has 2 rings (SSSR count). The van der Waals surface area contributed by atoms with Crippen LogP contribution in [0.5, 0.6) is 0 Å². The van der Waals surface area contributed by atoms with Gasteiger partial charge in [0.05, 0.1) is 25.9 Å². The van der Waals surface area contributed by atoms with E-state index in [2.05, 4.69) is 13.8 Å². The fraction of sp³-hybridized carbons (Fsp3) is 1.00. The van der Waals surface area contributed by atoms with Crippen LogP contribution >= 0.6 is 0 Å². The maximum Gasteiger partial charge on any atom is 0.112 e. The molecule has 0 bridgehead atoms. The van der Waals surface area contributed by atoms with Crippen molar-refractivity contribution in [3.8, 4) is 0 Å². The number of hydrogen-bond donors (Lipinski definition) is 0. The third-order valence-electron chi connectivity index (χ3n) is 2.16. The number of rotatable bonds is 4. The predicted octanol–water partition coefficient (Wildman–Crippen LogP) is 0.579. The van der Waals surface area contributed by atoms with Crippen molar-refractivity contribution in [2.45, 2.75) is 31.7 Å². The van der Waals surface area contributed by atoms with E-state index in [9.17, 15) is 0 Å². The van der Waals surface area contributed by atoms with Gasteiger partial charge in [0.2, 0.25) is 0 Å². The molecule has 0 aliphatic carbocycles. The minimum atomic E-state index is 0.0259. The number of ether oxygens (including phenoxy) is 3. The van der Waals surface area contributed by atoms with E-state index in [4.69, 9.17) is 14.2 Å². The van der Waals surface area contributed by atoms with Gasteiger partial charge in [-0.15, -0.1) is 0 Å². The average molecular weight is 158 g/mol. The van der Waals surface area contributed by atoms with Gasteiger partial charge in [-0.1, -0.05) is 0 Å². The van der Waals surface area contributed by atoms with E-state index in [1.807, 2.05) is 0 Å². The smallest absolute Gasteiger partial charge is 0.112 e. The molecule has 0 spiro atoms. The third kappa shape index (κ3) is 1.92. The molecule has 2 fully saturated rings. The molecule has 11 heavy (non-hydrogen) atoms. The molecule has 2 aliphatic heterocycles. The summed E-state index contributed by atoms with van der Waals surface area (Å²) in [5.74, 6) is 0. The Bertz CT molecular complexity index is 153. The van der Waals surface area contributed by atoms with Gasteiger partial charge in [-0.25, -0.2) is 0 Å². The lowest BCUT2D eigenvalue weighted by atomic mass is 10.2. The van der Waals surface area contributed by atoms with Crippen molar-refractivity contribution in [1.82, 2.24) is 0 Å². The molecule has 0 aromatic rings. The average Bonchev–Trinajstić information content (AvgIpc) is 2.79. The van der Waals surface area contributed by atoms with Gasteiger partial charge in [-0.05, 0) is 13.8 Å². The molecule has 3 atom stereocenters. The molecule has 0 aromatic carbocycles. The van der Waals surface area contributed by atoms with E-state index in [0.717, 1.165) is 13.2 Å². The molecular formula is C8H14O3. The van der Waals surface area contributed by atoms with Crippen LogP contribution < -0.4 is 0 Å². The van der Waals surface area contributed by atoms with Crippen LogP contribution in [0.25, 0.3) is 0 Å². The van der Waals surface area contributed by atoms with E-state index < -0.39 is 0 Å². The molecule has 2 saturated heterocycles. The molecule has 0 radical (unpaired) electrons. The van der Waals surface area contributed by atoms with Gasteiger partial charge < -0.3 is 14.2 Å². The van der Waals surface area contributed by atoms with Crippen molar-refractivity contribution in [2.24, 2.45) is 0 Å². The van der Waals surface area contributed by atoms with E-state index in [1.165, 1.54) is 0 Å². The van der Waals surface area contributed by atoms with Crippen LogP contribution in [0.2, 0.25) is 0 Å². The van der Waals surface area contributed by atoms with Gasteiger partial charge in [0.15, 0.2) is 0 Å². The first-order valence-corrected chi connectivity index (χ1v) is 4.07. The van der Waals surface area contributed by atoms with Gasteiger partial charge in [-0.2, -0.15) is 0 Å². The summed E-state index contributed by atoms with van der Waals surface area (Å²) in [6, 6.07) is 0. The van der Waals surface area contributed by atoms with Gasteiger partial charge in [0.25, 0.3) is 0 Å². The van der Waals surface area contributed by atoms with Crippen LogP contribution in [0.3, 0.4) is 0 Å². The molecule has 0 saturated carbocycles. The summed E-state index contributed by atoms with van der Waals surface area (Å²) in [4.78, 5) is 0. The SMILES string of the molecule is CC1OC1COCC1(C)CO1.